The fraction of sp³-hybridized carbons (Fsp3) is 0.409. The molecule has 31 heavy (non-hydrogen) atoms. The van der Waals surface area contributed by atoms with Crippen molar-refractivity contribution in [3.63, 3.8) is 0 Å². The maximum Gasteiger partial charge on any atom is 0.290 e. The summed E-state index contributed by atoms with van der Waals surface area (Å²) in [4.78, 5) is 30.8. The number of benzene rings is 1. The second kappa shape index (κ2) is 10.7. The molecule has 166 valence electrons. The molecular formula is C22H28N4O5. The van der Waals surface area contributed by atoms with Crippen molar-refractivity contribution in [2.45, 2.75) is 31.8 Å². The van der Waals surface area contributed by atoms with Crippen LogP contribution in [0, 0.1) is 0 Å². The van der Waals surface area contributed by atoms with E-state index in [1.807, 2.05) is 35.0 Å². The number of aromatic amines is 1. The van der Waals surface area contributed by atoms with E-state index >= 15 is 0 Å². The van der Waals surface area contributed by atoms with Crippen LogP contribution in [0.4, 0.5) is 0 Å². The number of ether oxygens (including phenoxy) is 1. The zero-order valence-corrected chi connectivity index (χ0v) is 17.5. The van der Waals surface area contributed by atoms with Crippen molar-refractivity contribution in [1.29, 1.82) is 0 Å². The van der Waals surface area contributed by atoms with Gasteiger partial charge in [0, 0.05) is 37.6 Å². The van der Waals surface area contributed by atoms with E-state index in [-0.39, 0.29) is 24.7 Å². The Kier molecular flexibility index (Phi) is 7.80. The minimum Gasteiger partial charge on any atom is -0.497 e. The normalized spacial score (nSPS) is 16.5. The first-order valence-electron chi connectivity index (χ1n) is 10.3. The number of hydrogen-bond donors (Lipinski definition) is 3. The molecule has 4 rings (SSSR count). The molecule has 0 bridgehead atoms. The summed E-state index contributed by atoms with van der Waals surface area (Å²) in [7, 11) is 1.61. The van der Waals surface area contributed by atoms with Crippen LogP contribution in [0.3, 0.4) is 0 Å². The zero-order chi connectivity index (χ0) is 22.2. The minimum absolute atomic E-state index is 0.167. The van der Waals surface area contributed by atoms with Crippen molar-refractivity contribution in [3.05, 3.63) is 47.0 Å². The van der Waals surface area contributed by atoms with Crippen molar-refractivity contribution in [3.8, 4) is 17.1 Å². The third-order valence-electron chi connectivity index (χ3n) is 5.60. The number of pyridine rings is 1. The maximum atomic E-state index is 12.7. The number of carboxylic acid groups (broad SMARTS) is 1. The van der Waals surface area contributed by atoms with Gasteiger partial charge in [-0.3, -0.25) is 14.5 Å². The van der Waals surface area contributed by atoms with Gasteiger partial charge in [-0.15, -0.1) is 0 Å². The third kappa shape index (κ3) is 5.31. The third-order valence-corrected chi connectivity index (χ3v) is 5.60. The highest BCUT2D eigenvalue weighted by atomic mass is 16.5. The predicted molar refractivity (Wildman–Crippen MR) is 117 cm³/mol. The number of carbonyl (C=O) groups is 1. The fourth-order valence-electron chi connectivity index (χ4n) is 4.00. The van der Waals surface area contributed by atoms with Gasteiger partial charge in [0.2, 0.25) is 0 Å². The summed E-state index contributed by atoms with van der Waals surface area (Å²) >= 11 is 0. The molecule has 1 atom stereocenters. The molecule has 9 nitrogen and oxygen atoms in total. The van der Waals surface area contributed by atoms with Crippen LogP contribution >= 0.6 is 0 Å². The molecule has 1 aliphatic rings. The number of aliphatic hydroxyl groups is 1. The van der Waals surface area contributed by atoms with Gasteiger partial charge in [-0.05, 0) is 43.0 Å². The van der Waals surface area contributed by atoms with Gasteiger partial charge in [0.05, 0.1) is 24.8 Å². The van der Waals surface area contributed by atoms with Crippen LogP contribution in [0.25, 0.3) is 22.3 Å². The van der Waals surface area contributed by atoms with Gasteiger partial charge in [0.15, 0.2) is 0 Å². The smallest absolute Gasteiger partial charge is 0.290 e. The lowest BCUT2D eigenvalue weighted by molar-refractivity contribution is -0.122. The molecule has 3 aromatic rings. The van der Waals surface area contributed by atoms with Gasteiger partial charge in [0.25, 0.3) is 12.0 Å². The maximum absolute atomic E-state index is 12.7. The molecule has 9 heteroatoms. The minimum atomic E-state index is -0.250. The predicted octanol–water partition coefficient (Wildman–Crippen LogP) is 1.95. The number of aromatic nitrogens is 3. The summed E-state index contributed by atoms with van der Waals surface area (Å²) in [5.41, 5.74) is 1.13. The largest absolute Gasteiger partial charge is 0.497 e. The molecule has 0 radical (unpaired) electrons. The molecule has 3 N–H and O–H groups in total. The lowest BCUT2D eigenvalue weighted by Crippen LogP contribution is -2.43. The van der Waals surface area contributed by atoms with Crippen LogP contribution < -0.4 is 10.3 Å². The number of nitrogens with one attached hydrogen (secondary N) is 1. The van der Waals surface area contributed by atoms with E-state index in [1.54, 1.807) is 13.3 Å². The number of likely N-dealkylation sites (tertiary alicyclic amines) is 1. The zero-order valence-electron chi connectivity index (χ0n) is 17.5. The lowest BCUT2D eigenvalue weighted by atomic mass is 10.0. The molecule has 3 heterocycles. The molecule has 1 saturated heterocycles. The highest BCUT2D eigenvalue weighted by Gasteiger charge is 2.21. The monoisotopic (exact) mass is 428 g/mol. The van der Waals surface area contributed by atoms with Gasteiger partial charge in [-0.25, -0.2) is 4.98 Å². The second-order valence-corrected chi connectivity index (χ2v) is 7.38. The number of piperidine rings is 1. The summed E-state index contributed by atoms with van der Waals surface area (Å²) in [6.45, 7) is 2.52. The number of rotatable bonds is 6. The number of methoxy groups -OCH3 is 1. The number of aliphatic hydroxyl groups excluding tert-OH is 1. The Morgan fingerprint density at radius 3 is 2.84 bits per heavy atom. The van der Waals surface area contributed by atoms with Crippen molar-refractivity contribution in [1.82, 2.24) is 19.4 Å². The van der Waals surface area contributed by atoms with Gasteiger partial charge < -0.3 is 24.5 Å². The summed E-state index contributed by atoms with van der Waals surface area (Å²) in [6, 6.07) is 7.74. The van der Waals surface area contributed by atoms with Crippen LogP contribution in [-0.4, -0.2) is 69.0 Å². The number of H-pyrrole nitrogens is 1. The molecule has 1 aliphatic heterocycles. The highest BCUT2D eigenvalue weighted by Crippen LogP contribution is 2.22. The molecule has 1 fully saturated rings. The Morgan fingerprint density at radius 1 is 1.29 bits per heavy atom. The van der Waals surface area contributed by atoms with E-state index in [4.69, 9.17) is 14.6 Å². The lowest BCUT2D eigenvalue weighted by Gasteiger charge is -2.34. The summed E-state index contributed by atoms with van der Waals surface area (Å²) < 4.78 is 7.25. The van der Waals surface area contributed by atoms with Crippen molar-refractivity contribution in [2.75, 3.05) is 26.8 Å². The van der Waals surface area contributed by atoms with Crippen LogP contribution in [0.1, 0.15) is 19.3 Å². The Hall–Kier alpha value is -3.17. The van der Waals surface area contributed by atoms with Crippen molar-refractivity contribution >= 4 is 17.4 Å². The summed E-state index contributed by atoms with van der Waals surface area (Å²) in [6.07, 6.45) is 7.02. The Morgan fingerprint density at radius 2 is 2.10 bits per heavy atom. The van der Waals surface area contributed by atoms with E-state index in [1.165, 1.54) is 12.8 Å². The molecule has 0 saturated carbocycles. The number of nitrogens with zero attached hydrogens (tertiary/aromatic N) is 3. The van der Waals surface area contributed by atoms with E-state index < -0.39 is 0 Å². The fourth-order valence-corrected chi connectivity index (χ4v) is 4.00. The van der Waals surface area contributed by atoms with E-state index in [2.05, 4.69) is 14.9 Å². The first-order chi connectivity index (χ1) is 15.1. The second-order valence-electron chi connectivity index (χ2n) is 7.38. The summed E-state index contributed by atoms with van der Waals surface area (Å²) in [5.74, 6) is 1.37. The number of fused-ring (bicyclic) bond motifs is 1. The topological polar surface area (TPSA) is 121 Å². The number of imidazole rings is 1. The highest BCUT2D eigenvalue weighted by molar-refractivity contribution is 5.83. The van der Waals surface area contributed by atoms with Gasteiger partial charge in [0.1, 0.15) is 11.6 Å². The van der Waals surface area contributed by atoms with Crippen LogP contribution in [0.15, 0.2) is 41.5 Å². The Labute approximate surface area is 179 Å². The van der Waals surface area contributed by atoms with Crippen LogP contribution in [-0.2, 0) is 11.3 Å². The quantitative estimate of drug-likeness (QED) is 0.513. The average molecular weight is 428 g/mol. The van der Waals surface area contributed by atoms with Crippen molar-refractivity contribution in [2.24, 2.45) is 0 Å². The van der Waals surface area contributed by atoms with E-state index in [0.29, 0.717) is 17.1 Å². The van der Waals surface area contributed by atoms with Gasteiger partial charge in [-0.1, -0.05) is 6.42 Å². The van der Waals surface area contributed by atoms with Gasteiger partial charge >= 0.3 is 0 Å². The number of hydrogen-bond acceptors (Lipinski definition) is 6. The Balaban J connectivity index is 0.000000858. The first-order valence-corrected chi connectivity index (χ1v) is 10.3. The van der Waals surface area contributed by atoms with E-state index in [9.17, 15) is 9.90 Å². The van der Waals surface area contributed by atoms with Gasteiger partial charge in [-0.2, -0.15) is 0 Å². The molecule has 1 aromatic carbocycles. The van der Waals surface area contributed by atoms with Crippen molar-refractivity contribution < 1.29 is 19.7 Å². The van der Waals surface area contributed by atoms with E-state index in [0.717, 1.165) is 37.0 Å². The SMILES string of the molecule is COc1ccc2cc(-c3nccn3CCN3CCCCC3CO)c(=O)[nH]c2c1.O=CO. The molecular weight excluding hydrogens is 400 g/mol. The first kappa shape index (κ1) is 22.5. The molecule has 0 spiro atoms. The summed E-state index contributed by atoms with van der Waals surface area (Å²) in [5, 5.41) is 17.4. The molecule has 1 unspecified atom stereocenters. The van der Waals surface area contributed by atoms with Crippen LogP contribution in [0.5, 0.6) is 5.75 Å². The molecule has 0 amide bonds. The standard InChI is InChI=1S/C21H26N4O3.CH2O2/c1-28-17-6-5-15-12-18(21(27)23-19(15)13-17)20-22-7-9-25(20)11-10-24-8-3-2-4-16(24)14-26;2-1-3/h5-7,9,12-13,16,26H,2-4,8,10-11,14H2,1H3,(H,23,27);1H,(H,2,3). The Bertz CT molecular complexity index is 1060. The average Bonchev–Trinajstić information content (AvgIpc) is 3.25. The van der Waals surface area contributed by atoms with Crippen LogP contribution in [0.2, 0.25) is 0 Å². The molecule has 0 aliphatic carbocycles. The molecule has 2 aromatic heterocycles.